The highest BCUT2D eigenvalue weighted by Gasteiger charge is 2.18. The van der Waals surface area contributed by atoms with E-state index < -0.39 is 18.2 Å². The Balaban J connectivity index is 3.50. The number of rotatable bonds is 45. The van der Waals surface area contributed by atoms with E-state index in [9.17, 15) is 20.1 Å². The van der Waals surface area contributed by atoms with Crippen LogP contribution in [0.4, 0.5) is 0 Å². The van der Waals surface area contributed by atoms with E-state index in [1.165, 1.54) is 205 Å². The highest BCUT2D eigenvalue weighted by atomic mass is 16.3. The van der Waals surface area contributed by atoms with Crippen LogP contribution in [0.1, 0.15) is 257 Å². The second kappa shape index (κ2) is 44.8. The molecular weight excluding hydrogens is 671 g/mol. The zero-order chi connectivity index (χ0) is 39.4. The van der Waals surface area contributed by atoms with Gasteiger partial charge in [-0.3, -0.25) is 4.79 Å². The number of unbranched alkanes of at least 4 members (excludes halogenated alkanes) is 35. The SMILES string of the molecule is CCCCCCCCCCCCC(O)C=CC(O)C(CO)NC(=O)CCCCCCCCCCCCCCCCCCCCCCCCCCCCCO. The van der Waals surface area contributed by atoms with Crippen molar-refractivity contribution < 1.29 is 25.2 Å². The van der Waals surface area contributed by atoms with Crippen LogP contribution in [0.2, 0.25) is 0 Å². The Kier molecular flexibility index (Phi) is 44.0. The van der Waals surface area contributed by atoms with E-state index >= 15 is 0 Å². The van der Waals surface area contributed by atoms with Gasteiger partial charge in [-0.25, -0.2) is 0 Å². The molecule has 0 rings (SSSR count). The molecule has 322 valence electrons. The maximum absolute atomic E-state index is 12.4. The minimum absolute atomic E-state index is 0.127. The molecule has 0 fully saturated rings. The fourth-order valence-electron chi connectivity index (χ4n) is 7.65. The van der Waals surface area contributed by atoms with E-state index in [0.717, 1.165) is 38.5 Å². The maximum Gasteiger partial charge on any atom is 0.220 e. The first-order valence-electron chi connectivity index (χ1n) is 24.1. The first-order valence-corrected chi connectivity index (χ1v) is 24.1. The van der Waals surface area contributed by atoms with Crippen molar-refractivity contribution in [2.45, 2.75) is 276 Å². The Morgan fingerprint density at radius 2 is 0.759 bits per heavy atom. The predicted octanol–water partition coefficient (Wildman–Crippen LogP) is 13.0. The molecule has 0 aromatic carbocycles. The normalized spacial score (nSPS) is 13.5. The van der Waals surface area contributed by atoms with Gasteiger partial charge in [0.25, 0.3) is 0 Å². The van der Waals surface area contributed by atoms with Gasteiger partial charge in [0.05, 0.1) is 24.9 Å². The Bertz CT molecular complexity index is 761. The van der Waals surface area contributed by atoms with Crippen LogP contribution in [0.3, 0.4) is 0 Å². The van der Waals surface area contributed by atoms with Gasteiger partial charge in [0.1, 0.15) is 0 Å². The summed E-state index contributed by atoms with van der Waals surface area (Å²) in [7, 11) is 0. The van der Waals surface area contributed by atoms with Gasteiger partial charge >= 0.3 is 0 Å². The monoisotopic (exact) mass is 766 g/mol. The fourth-order valence-corrected chi connectivity index (χ4v) is 7.65. The summed E-state index contributed by atoms with van der Waals surface area (Å²) >= 11 is 0. The summed E-state index contributed by atoms with van der Waals surface area (Å²) in [5.74, 6) is -0.127. The smallest absolute Gasteiger partial charge is 0.220 e. The van der Waals surface area contributed by atoms with E-state index in [0.29, 0.717) is 19.4 Å². The molecule has 0 saturated carbocycles. The van der Waals surface area contributed by atoms with Crippen LogP contribution in [0.25, 0.3) is 0 Å². The van der Waals surface area contributed by atoms with Gasteiger partial charge in [0, 0.05) is 13.0 Å². The molecule has 0 aliphatic carbocycles. The molecule has 54 heavy (non-hydrogen) atoms. The Morgan fingerprint density at radius 3 is 1.09 bits per heavy atom. The molecule has 3 unspecified atom stereocenters. The van der Waals surface area contributed by atoms with E-state index in [1.807, 2.05) is 0 Å². The molecule has 0 bridgehead atoms. The lowest BCUT2D eigenvalue weighted by Gasteiger charge is -2.20. The van der Waals surface area contributed by atoms with Crippen LogP contribution in [0, 0.1) is 0 Å². The summed E-state index contributed by atoms with van der Waals surface area (Å²) in [6.07, 6.45) is 50.8. The molecule has 1 amide bonds. The van der Waals surface area contributed by atoms with E-state index in [-0.39, 0.29) is 12.5 Å². The summed E-state index contributed by atoms with van der Waals surface area (Å²) < 4.78 is 0. The summed E-state index contributed by atoms with van der Waals surface area (Å²) in [4.78, 5) is 12.4. The third-order valence-corrected chi connectivity index (χ3v) is 11.4. The zero-order valence-electron chi connectivity index (χ0n) is 36.1. The summed E-state index contributed by atoms with van der Waals surface area (Å²) in [5, 5.41) is 42.0. The van der Waals surface area contributed by atoms with Crippen LogP contribution in [-0.4, -0.2) is 57.8 Å². The molecule has 6 nitrogen and oxygen atoms in total. The quantitative estimate of drug-likeness (QED) is 0.0313. The molecule has 0 aliphatic heterocycles. The lowest BCUT2D eigenvalue weighted by molar-refractivity contribution is -0.123. The van der Waals surface area contributed by atoms with E-state index in [1.54, 1.807) is 6.08 Å². The van der Waals surface area contributed by atoms with Crippen LogP contribution < -0.4 is 5.32 Å². The molecule has 3 atom stereocenters. The van der Waals surface area contributed by atoms with E-state index in [2.05, 4.69) is 12.2 Å². The van der Waals surface area contributed by atoms with Crippen molar-refractivity contribution in [3.63, 3.8) is 0 Å². The molecule has 0 saturated heterocycles. The van der Waals surface area contributed by atoms with E-state index in [4.69, 9.17) is 5.11 Å². The standard InChI is InChI=1S/C48H95NO5/c1-2-3-4-5-6-7-27-30-33-36-39-45(52)41-42-47(53)46(44-51)49-48(54)40-37-34-31-28-25-23-21-19-17-15-13-11-9-8-10-12-14-16-18-20-22-24-26-29-32-35-38-43-50/h41-42,45-47,50-53H,2-40,43-44H2,1H3,(H,49,54). The number of carbonyl (C=O) groups excluding carboxylic acids is 1. The lowest BCUT2D eigenvalue weighted by Crippen LogP contribution is -2.45. The molecule has 5 N–H and O–H groups in total. The van der Waals surface area contributed by atoms with Gasteiger partial charge in [-0.05, 0) is 19.3 Å². The van der Waals surface area contributed by atoms with Crippen LogP contribution in [0.15, 0.2) is 12.2 Å². The van der Waals surface area contributed by atoms with Gasteiger partial charge in [0.15, 0.2) is 0 Å². The first kappa shape index (κ1) is 53.0. The average molecular weight is 766 g/mol. The molecule has 0 aromatic rings. The van der Waals surface area contributed by atoms with Crippen molar-refractivity contribution in [3.8, 4) is 0 Å². The number of aliphatic hydroxyl groups is 4. The second-order valence-corrected chi connectivity index (χ2v) is 16.8. The number of hydrogen-bond donors (Lipinski definition) is 5. The number of hydrogen-bond acceptors (Lipinski definition) is 5. The van der Waals surface area contributed by atoms with Gasteiger partial charge in [-0.2, -0.15) is 0 Å². The summed E-state index contributed by atoms with van der Waals surface area (Å²) in [5.41, 5.74) is 0. The zero-order valence-corrected chi connectivity index (χ0v) is 36.1. The molecule has 0 spiro atoms. The maximum atomic E-state index is 12.4. The van der Waals surface area contributed by atoms with Crippen molar-refractivity contribution in [1.82, 2.24) is 5.32 Å². The third kappa shape index (κ3) is 40.7. The number of nitrogens with one attached hydrogen (secondary N) is 1. The largest absolute Gasteiger partial charge is 0.396 e. The Labute approximate surface area is 336 Å². The Morgan fingerprint density at radius 1 is 0.444 bits per heavy atom. The first-order chi connectivity index (χ1) is 26.5. The van der Waals surface area contributed by atoms with Crippen molar-refractivity contribution in [2.24, 2.45) is 0 Å². The molecule has 0 aliphatic rings. The van der Waals surface area contributed by atoms with Gasteiger partial charge < -0.3 is 25.7 Å². The van der Waals surface area contributed by atoms with Crippen LogP contribution in [0.5, 0.6) is 0 Å². The van der Waals surface area contributed by atoms with Gasteiger partial charge in [-0.1, -0.05) is 244 Å². The minimum atomic E-state index is -1.01. The molecule has 0 radical (unpaired) electrons. The lowest BCUT2D eigenvalue weighted by atomic mass is 10.0. The van der Waals surface area contributed by atoms with Crippen molar-refractivity contribution >= 4 is 5.91 Å². The molecule has 0 aromatic heterocycles. The van der Waals surface area contributed by atoms with Crippen LogP contribution in [-0.2, 0) is 4.79 Å². The number of amides is 1. The third-order valence-electron chi connectivity index (χ3n) is 11.4. The van der Waals surface area contributed by atoms with Gasteiger partial charge in [-0.15, -0.1) is 0 Å². The highest BCUT2D eigenvalue weighted by molar-refractivity contribution is 5.76. The average Bonchev–Trinajstić information content (AvgIpc) is 3.17. The van der Waals surface area contributed by atoms with Crippen molar-refractivity contribution in [2.75, 3.05) is 13.2 Å². The molecule has 6 heteroatoms. The topological polar surface area (TPSA) is 110 Å². The van der Waals surface area contributed by atoms with Crippen LogP contribution >= 0.6 is 0 Å². The number of aliphatic hydroxyl groups excluding tert-OH is 4. The molecular formula is C48H95NO5. The second-order valence-electron chi connectivity index (χ2n) is 16.8. The fraction of sp³-hybridized carbons (Fsp3) is 0.938. The molecule has 0 heterocycles. The van der Waals surface area contributed by atoms with Crippen molar-refractivity contribution in [3.05, 3.63) is 12.2 Å². The Hall–Kier alpha value is -0.950. The minimum Gasteiger partial charge on any atom is -0.396 e. The van der Waals surface area contributed by atoms with Crippen molar-refractivity contribution in [1.29, 1.82) is 0 Å². The summed E-state index contributed by atoms with van der Waals surface area (Å²) in [6.45, 7) is 2.27. The predicted molar refractivity (Wildman–Crippen MR) is 233 cm³/mol. The summed E-state index contributed by atoms with van der Waals surface area (Å²) in [6, 6.07) is -0.743. The highest BCUT2D eigenvalue weighted by Crippen LogP contribution is 2.17. The van der Waals surface area contributed by atoms with Gasteiger partial charge in [0.2, 0.25) is 5.91 Å². The number of carbonyl (C=O) groups is 1.